The monoisotopic (exact) mass is 205 g/mol. The molecule has 0 bridgehead atoms. The molecule has 0 amide bonds. The number of carboxylic acids is 1. The van der Waals surface area contributed by atoms with Crippen molar-refractivity contribution in [1.29, 1.82) is 0 Å². The molecule has 3 nitrogen and oxygen atoms in total. The van der Waals surface area contributed by atoms with Gasteiger partial charge in [0, 0.05) is 6.54 Å². The molecule has 80 valence electrons. The van der Waals surface area contributed by atoms with Crippen LogP contribution in [0.25, 0.3) is 0 Å². The highest BCUT2D eigenvalue weighted by Gasteiger charge is 2.27. The summed E-state index contributed by atoms with van der Waals surface area (Å²) in [6.45, 7) is 4.76. The van der Waals surface area contributed by atoms with Crippen molar-refractivity contribution >= 4 is 5.97 Å². The van der Waals surface area contributed by atoms with E-state index in [9.17, 15) is 4.79 Å². The molecule has 1 unspecified atom stereocenters. The molecule has 0 spiro atoms. The molecule has 1 aliphatic heterocycles. The van der Waals surface area contributed by atoms with Gasteiger partial charge in [-0.2, -0.15) is 0 Å². The zero-order valence-corrected chi connectivity index (χ0v) is 9.00. The number of nitrogens with one attached hydrogen (secondary N) is 1. The lowest BCUT2D eigenvalue weighted by atomic mass is 9.87. The van der Waals surface area contributed by atoms with Gasteiger partial charge in [0.25, 0.3) is 0 Å². The van der Waals surface area contributed by atoms with Crippen molar-refractivity contribution in [1.82, 2.24) is 5.32 Å². The van der Waals surface area contributed by atoms with E-state index >= 15 is 0 Å². The Hall–Kier alpha value is -1.35. The summed E-state index contributed by atoms with van der Waals surface area (Å²) in [6.07, 6.45) is 0.923. The van der Waals surface area contributed by atoms with E-state index in [0.717, 1.165) is 24.1 Å². The maximum atomic E-state index is 11.1. The minimum absolute atomic E-state index is 0.534. The van der Waals surface area contributed by atoms with E-state index in [1.54, 1.807) is 0 Å². The van der Waals surface area contributed by atoms with Gasteiger partial charge in [-0.25, -0.2) is 0 Å². The highest BCUT2D eigenvalue weighted by atomic mass is 16.4. The summed E-state index contributed by atoms with van der Waals surface area (Å²) in [4.78, 5) is 11.1. The van der Waals surface area contributed by atoms with Crippen LogP contribution in [-0.4, -0.2) is 17.6 Å². The molecule has 1 aromatic carbocycles. The van der Waals surface area contributed by atoms with Crippen molar-refractivity contribution in [3.8, 4) is 0 Å². The summed E-state index contributed by atoms with van der Waals surface area (Å²) >= 11 is 0. The minimum atomic E-state index is -0.787. The van der Waals surface area contributed by atoms with E-state index in [1.165, 1.54) is 11.1 Å². The van der Waals surface area contributed by atoms with Gasteiger partial charge in [-0.15, -0.1) is 0 Å². The van der Waals surface area contributed by atoms with Crippen LogP contribution >= 0.6 is 0 Å². The maximum absolute atomic E-state index is 11.1. The van der Waals surface area contributed by atoms with Crippen molar-refractivity contribution < 1.29 is 9.90 Å². The van der Waals surface area contributed by atoms with Crippen LogP contribution in [-0.2, 0) is 11.2 Å². The Bertz CT molecular complexity index is 412. The van der Waals surface area contributed by atoms with Gasteiger partial charge >= 0.3 is 5.97 Å². The molecular formula is C12H15NO2. The van der Waals surface area contributed by atoms with Crippen LogP contribution in [0.1, 0.15) is 28.3 Å². The summed E-state index contributed by atoms with van der Waals surface area (Å²) in [5, 5.41) is 12.2. The number of rotatable bonds is 1. The zero-order valence-electron chi connectivity index (χ0n) is 9.00. The Kier molecular flexibility index (Phi) is 2.49. The van der Waals surface area contributed by atoms with Crippen molar-refractivity contribution in [2.24, 2.45) is 0 Å². The summed E-state index contributed by atoms with van der Waals surface area (Å²) in [6, 6.07) is 3.53. The van der Waals surface area contributed by atoms with Crippen LogP contribution in [0.4, 0.5) is 0 Å². The van der Waals surface area contributed by atoms with Crippen LogP contribution < -0.4 is 5.32 Å². The number of carbonyl (C=O) groups is 1. The molecule has 2 N–H and O–H groups in total. The van der Waals surface area contributed by atoms with Gasteiger partial charge in [0.05, 0.1) is 0 Å². The first-order valence-electron chi connectivity index (χ1n) is 5.16. The molecule has 0 radical (unpaired) electrons. The van der Waals surface area contributed by atoms with E-state index in [1.807, 2.05) is 19.9 Å². The van der Waals surface area contributed by atoms with Crippen LogP contribution in [0.2, 0.25) is 0 Å². The van der Waals surface area contributed by atoms with Gasteiger partial charge in [0.2, 0.25) is 0 Å². The Morgan fingerprint density at radius 2 is 2.07 bits per heavy atom. The van der Waals surface area contributed by atoms with Gasteiger partial charge in [0.1, 0.15) is 6.04 Å². The maximum Gasteiger partial charge on any atom is 0.325 e. The standard InChI is InChI=1S/C12H15NO2/c1-7-3-4-8(2)10-9(7)5-6-13-11(10)12(14)15/h3-4,11,13H,5-6H2,1-2H3,(H,14,15). The Balaban J connectivity index is 2.59. The smallest absolute Gasteiger partial charge is 0.325 e. The number of fused-ring (bicyclic) bond motifs is 1. The van der Waals surface area contributed by atoms with Crippen molar-refractivity contribution in [2.75, 3.05) is 6.54 Å². The fourth-order valence-corrected chi connectivity index (χ4v) is 2.28. The molecule has 1 heterocycles. The molecule has 2 rings (SSSR count). The first-order valence-corrected chi connectivity index (χ1v) is 5.16. The highest BCUT2D eigenvalue weighted by molar-refractivity contribution is 5.77. The van der Waals surface area contributed by atoms with Gasteiger partial charge in [-0.05, 0) is 42.5 Å². The first-order chi connectivity index (χ1) is 7.11. The van der Waals surface area contributed by atoms with E-state index in [2.05, 4.69) is 11.4 Å². The third kappa shape index (κ3) is 1.63. The third-order valence-electron chi connectivity index (χ3n) is 3.07. The molecule has 15 heavy (non-hydrogen) atoms. The van der Waals surface area contributed by atoms with Gasteiger partial charge in [-0.3, -0.25) is 4.79 Å². The fraction of sp³-hybridized carbons (Fsp3) is 0.417. The molecule has 0 saturated heterocycles. The topological polar surface area (TPSA) is 49.3 Å². The summed E-state index contributed by atoms with van der Waals surface area (Å²) < 4.78 is 0. The van der Waals surface area contributed by atoms with Gasteiger partial charge in [-0.1, -0.05) is 12.1 Å². The lowest BCUT2D eigenvalue weighted by Gasteiger charge is -2.27. The van der Waals surface area contributed by atoms with E-state index in [4.69, 9.17) is 5.11 Å². The second-order valence-corrected chi connectivity index (χ2v) is 4.07. The van der Waals surface area contributed by atoms with Crippen LogP contribution in [0.15, 0.2) is 12.1 Å². The second-order valence-electron chi connectivity index (χ2n) is 4.07. The first kappa shape index (κ1) is 10.2. The number of hydrogen-bond donors (Lipinski definition) is 2. The Morgan fingerprint density at radius 3 is 2.73 bits per heavy atom. The fourth-order valence-electron chi connectivity index (χ4n) is 2.28. The molecule has 1 aromatic rings. The SMILES string of the molecule is Cc1ccc(C)c2c1CCNC2C(=O)O. The van der Waals surface area contributed by atoms with Crippen molar-refractivity contribution in [3.05, 3.63) is 34.4 Å². The average molecular weight is 205 g/mol. The quantitative estimate of drug-likeness (QED) is 0.731. The minimum Gasteiger partial charge on any atom is -0.480 e. The van der Waals surface area contributed by atoms with Gasteiger partial charge in [0.15, 0.2) is 0 Å². The molecule has 3 heteroatoms. The molecule has 0 aromatic heterocycles. The normalized spacial score (nSPS) is 19.7. The van der Waals surface area contributed by atoms with Gasteiger partial charge < -0.3 is 10.4 Å². The van der Waals surface area contributed by atoms with Crippen LogP contribution in [0.3, 0.4) is 0 Å². The van der Waals surface area contributed by atoms with E-state index in [0.29, 0.717) is 0 Å². The molecule has 0 aliphatic carbocycles. The number of benzene rings is 1. The predicted molar refractivity (Wildman–Crippen MR) is 58.0 cm³/mol. The van der Waals surface area contributed by atoms with Crippen molar-refractivity contribution in [3.63, 3.8) is 0 Å². The molecule has 0 saturated carbocycles. The van der Waals surface area contributed by atoms with E-state index in [-0.39, 0.29) is 0 Å². The van der Waals surface area contributed by atoms with Crippen LogP contribution in [0.5, 0.6) is 0 Å². The lowest BCUT2D eigenvalue weighted by molar-refractivity contribution is -0.139. The summed E-state index contributed by atoms with van der Waals surface area (Å²) in [5.41, 5.74) is 4.44. The van der Waals surface area contributed by atoms with Crippen LogP contribution in [0, 0.1) is 13.8 Å². The molecular weight excluding hydrogens is 190 g/mol. The Morgan fingerprint density at radius 1 is 1.40 bits per heavy atom. The number of aryl methyl sites for hydroxylation is 2. The number of carboxylic acid groups (broad SMARTS) is 1. The highest BCUT2D eigenvalue weighted by Crippen LogP contribution is 2.28. The lowest BCUT2D eigenvalue weighted by Crippen LogP contribution is -2.36. The largest absolute Gasteiger partial charge is 0.480 e. The Labute approximate surface area is 89.1 Å². The zero-order chi connectivity index (χ0) is 11.0. The molecule has 1 aliphatic rings. The number of aliphatic carboxylic acids is 1. The van der Waals surface area contributed by atoms with E-state index < -0.39 is 12.0 Å². The summed E-state index contributed by atoms with van der Waals surface area (Å²) in [5.74, 6) is -0.787. The average Bonchev–Trinajstić information content (AvgIpc) is 2.23. The number of hydrogen-bond acceptors (Lipinski definition) is 2. The second kappa shape index (κ2) is 3.66. The predicted octanol–water partition coefficient (Wildman–Crippen LogP) is 1.57. The third-order valence-corrected chi connectivity index (χ3v) is 3.07. The summed E-state index contributed by atoms with van der Waals surface area (Å²) in [7, 11) is 0. The molecule has 1 atom stereocenters. The molecule has 0 fully saturated rings. The van der Waals surface area contributed by atoms with Crippen molar-refractivity contribution in [2.45, 2.75) is 26.3 Å².